The van der Waals surface area contributed by atoms with Gasteiger partial charge in [-0.1, -0.05) is 6.07 Å². The van der Waals surface area contributed by atoms with E-state index < -0.39 is 16.6 Å². The predicted octanol–water partition coefficient (Wildman–Crippen LogP) is 3.18. The summed E-state index contributed by atoms with van der Waals surface area (Å²) in [6, 6.07) is 1.65. The molecule has 0 fully saturated rings. The molecule has 3 aliphatic rings. The Morgan fingerprint density at radius 3 is 2.72 bits per heavy atom. The normalized spacial score (nSPS) is 20.2. The van der Waals surface area contributed by atoms with Gasteiger partial charge in [-0.25, -0.2) is 9.48 Å². The summed E-state index contributed by atoms with van der Waals surface area (Å²) in [5.41, 5.74) is 5.99. The number of hydrogen-bond donors (Lipinski definition) is 1. The molecule has 8 nitrogen and oxygen atoms in total. The second kappa shape index (κ2) is 7.46. The molecule has 9 heteroatoms. The molecule has 1 atom stereocenters. The van der Waals surface area contributed by atoms with Gasteiger partial charge in [0, 0.05) is 19.0 Å². The Bertz CT molecular complexity index is 1040. The highest BCUT2D eigenvalue weighted by Gasteiger charge is 2.26. The second-order valence-electron chi connectivity index (χ2n) is 7.68. The van der Waals surface area contributed by atoms with E-state index in [4.69, 9.17) is 9.47 Å². The molecule has 0 saturated carbocycles. The van der Waals surface area contributed by atoms with E-state index in [1.54, 1.807) is 11.8 Å². The van der Waals surface area contributed by atoms with Crippen molar-refractivity contribution >= 4 is 22.3 Å². The molecule has 2 aromatic rings. The zero-order valence-corrected chi connectivity index (χ0v) is 17.1. The number of amides is 2. The molecule has 2 aliphatic carbocycles. The first-order valence-corrected chi connectivity index (χ1v) is 11.1. The minimum Gasteiger partial charge on any atom is -0.476 e. The maximum atomic E-state index is 12.7. The van der Waals surface area contributed by atoms with Crippen LogP contribution in [0.3, 0.4) is 0 Å². The van der Waals surface area contributed by atoms with Crippen molar-refractivity contribution < 1.29 is 18.5 Å². The molecule has 0 radical (unpaired) electrons. The molecule has 5 rings (SSSR count). The second-order valence-corrected chi connectivity index (χ2v) is 8.80. The fourth-order valence-electron chi connectivity index (χ4n) is 4.63. The van der Waals surface area contributed by atoms with E-state index in [1.165, 1.54) is 28.5 Å². The molecule has 0 unspecified atom stereocenters. The zero-order chi connectivity index (χ0) is 20.0. The Labute approximate surface area is 170 Å². The quantitative estimate of drug-likeness (QED) is 0.774. The van der Waals surface area contributed by atoms with E-state index in [1.807, 2.05) is 0 Å². The van der Waals surface area contributed by atoms with Gasteiger partial charge < -0.3 is 23.4 Å². The summed E-state index contributed by atoms with van der Waals surface area (Å²) in [6.07, 6.45) is 7.69. The van der Waals surface area contributed by atoms with Crippen LogP contribution in [0.2, 0.25) is 0 Å². The van der Waals surface area contributed by atoms with Crippen LogP contribution in [0.15, 0.2) is 21.5 Å². The summed E-state index contributed by atoms with van der Waals surface area (Å²) in [4.78, 5) is 12.9. The summed E-state index contributed by atoms with van der Waals surface area (Å²) in [5.74, 6) is 0.392. The molecule has 29 heavy (non-hydrogen) atoms. The van der Waals surface area contributed by atoms with Gasteiger partial charge in [0.1, 0.15) is 12.6 Å². The third-order valence-corrected chi connectivity index (χ3v) is 6.88. The van der Waals surface area contributed by atoms with Crippen molar-refractivity contribution in [3.05, 3.63) is 34.5 Å². The molecule has 1 aliphatic heterocycles. The standard InChI is InChI=1S/C20H23N4O4S/c1-27-10-14-11-28-19-17(9-21-24(14)19)29(26)23-20(25)22-18-15-6-2-4-12(15)8-13-5-3-7-16(13)18/h8-9,14H,2-7,10-11H2,1H3,(H,22,25)/q-1/t14-/m1/s1. The fourth-order valence-corrected chi connectivity index (χ4v) is 5.36. The number of aryl methyl sites for hydroxylation is 2. The number of rotatable bonds is 4. The lowest BCUT2D eigenvalue weighted by Crippen LogP contribution is -2.14. The smallest absolute Gasteiger partial charge is 0.322 e. The van der Waals surface area contributed by atoms with Gasteiger partial charge in [0.25, 0.3) is 0 Å². The van der Waals surface area contributed by atoms with Crippen LogP contribution in [0, 0.1) is 0 Å². The van der Waals surface area contributed by atoms with Gasteiger partial charge in [-0.15, -0.1) is 10.6 Å². The fraction of sp³-hybridized carbons (Fsp3) is 0.500. The van der Waals surface area contributed by atoms with E-state index >= 15 is 0 Å². The number of benzene rings is 1. The largest absolute Gasteiger partial charge is 0.476 e. The number of fused-ring (bicyclic) bond motifs is 3. The van der Waals surface area contributed by atoms with Crippen LogP contribution in [0.25, 0.3) is 0 Å². The number of methoxy groups -OCH3 is 1. The van der Waals surface area contributed by atoms with Crippen molar-refractivity contribution in [1.29, 1.82) is 0 Å². The third-order valence-electron chi connectivity index (χ3n) is 5.89. The third kappa shape index (κ3) is 3.22. The maximum Gasteiger partial charge on any atom is 0.322 e. The number of anilines is 1. The highest BCUT2D eigenvalue weighted by Crippen LogP contribution is 2.38. The molecule has 154 valence electrons. The van der Waals surface area contributed by atoms with Gasteiger partial charge in [-0.3, -0.25) is 0 Å². The number of aromatic nitrogens is 2. The molecule has 1 aromatic carbocycles. The number of nitrogens with one attached hydrogen (secondary N) is 1. The van der Waals surface area contributed by atoms with Crippen LogP contribution in [-0.2, 0) is 45.2 Å². The molecule has 2 heterocycles. The van der Waals surface area contributed by atoms with Crippen molar-refractivity contribution in [3.63, 3.8) is 0 Å². The molecule has 0 spiro atoms. The van der Waals surface area contributed by atoms with Crippen LogP contribution in [0.1, 0.15) is 41.1 Å². The lowest BCUT2D eigenvalue weighted by Gasteiger charge is -2.15. The number of ether oxygens (including phenoxy) is 2. The molecule has 2 amide bonds. The first kappa shape index (κ1) is 18.6. The Hall–Kier alpha value is -2.39. The Morgan fingerprint density at radius 1 is 1.31 bits per heavy atom. The zero-order valence-electron chi connectivity index (χ0n) is 16.3. The van der Waals surface area contributed by atoms with Crippen LogP contribution < -0.4 is 10.1 Å². The number of carbonyl (C=O) groups excluding carboxylic acids is 1. The van der Waals surface area contributed by atoms with Crippen molar-refractivity contribution in [2.24, 2.45) is 4.36 Å². The van der Waals surface area contributed by atoms with Gasteiger partial charge >= 0.3 is 6.03 Å². The van der Waals surface area contributed by atoms with Crippen molar-refractivity contribution in [3.8, 4) is 5.88 Å². The first-order chi connectivity index (χ1) is 14.2. The number of urea groups is 1. The van der Waals surface area contributed by atoms with E-state index in [2.05, 4.69) is 20.8 Å². The Balaban J connectivity index is 1.41. The van der Waals surface area contributed by atoms with Crippen LogP contribution in [-0.4, -0.2) is 36.1 Å². The minimum atomic E-state index is -1.89. The molecule has 1 N–H and O–H groups in total. The lowest BCUT2D eigenvalue weighted by molar-refractivity contribution is 0.145. The summed E-state index contributed by atoms with van der Waals surface area (Å²) in [5, 5.41) is 7.18. The molecule has 0 saturated heterocycles. The predicted molar refractivity (Wildman–Crippen MR) is 107 cm³/mol. The van der Waals surface area contributed by atoms with Gasteiger partial charge in [0.05, 0.1) is 6.61 Å². The van der Waals surface area contributed by atoms with E-state index in [0.717, 1.165) is 44.2 Å². The molecular formula is C20H23N4O4S-. The minimum absolute atomic E-state index is 0.0657. The Kier molecular flexibility index (Phi) is 4.79. The van der Waals surface area contributed by atoms with Crippen molar-refractivity contribution in [2.45, 2.75) is 49.5 Å². The van der Waals surface area contributed by atoms with Gasteiger partial charge in [0.2, 0.25) is 0 Å². The average molecular weight is 415 g/mol. The highest BCUT2D eigenvalue weighted by atomic mass is 32.2. The SMILES string of the molecule is COC[C@@H]1COc2c([S-](=O)=NC(=O)Nc3c4c(cc5c3CCC5)CCC4)cnn21. The van der Waals surface area contributed by atoms with Crippen LogP contribution >= 0.6 is 0 Å². The van der Waals surface area contributed by atoms with Crippen molar-refractivity contribution in [2.75, 3.05) is 25.6 Å². The van der Waals surface area contributed by atoms with Gasteiger partial charge in [-0.05, 0) is 65.7 Å². The first-order valence-electron chi connectivity index (χ1n) is 9.96. The summed E-state index contributed by atoms with van der Waals surface area (Å²) < 4.78 is 29.0. The summed E-state index contributed by atoms with van der Waals surface area (Å²) in [7, 11) is -0.281. The molecular weight excluding hydrogens is 392 g/mol. The van der Waals surface area contributed by atoms with Gasteiger partial charge in [0.15, 0.2) is 5.88 Å². The molecule has 1 aromatic heterocycles. The van der Waals surface area contributed by atoms with E-state index in [-0.39, 0.29) is 6.04 Å². The van der Waals surface area contributed by atoms with Crippen LogP contribution in [0.4, 0.5) is 10.5 Å². The number of hydrogen-bond acceptors (Lipinski definition) is 6. The highest BCUT2D eigenvalue weighted by molar-refractivity contribution is 7.75. The number of nitrogens with zero attached hydrogens (tertiary/aromatic N) is 3. The van der Waals surface area contributed by atoms with Gasteiger partial charge in [-0.2, -0.15) is 5.10 Å². The average Bonchev–Trinajstić information content (AvgIpc) is 3.46. The molecule has 0 bridgehead atoms. The topological polar surface area (TPSA) is 94.8 Å². The van der Waals surface area contributed by atoms with Crippen molar-refractivity contribution in [1.82, 2.24) is 9.78 Å². The monoisotopic (exact) mass is 415 g/mol. The summed E-state index contributed by atoms with van der Waals surface area (Å²) >= 11 is 0. The number of carbonyl (C=O) groups is 1. The van der Waals surface area contributed by atoms with E-state index in [9.17, 15) is 9.00 Å². The maximum absolute atomic E-state index is 12.7. The summed E-state index contributed by atoms with van der Waals surface area (Å²) in [6.45, 7) is 0.846. The van der Waals surface area contributed by atoms with Crippen LogP contribution in [0.5, 0.6) is 5.88 Å². The Morgan fingerprint density at radius 2 is 2.03 bits per heavy atom. The lowest BCUT2D eigenvalue weighted by atomic mass is 9.99. The van der Waals surface area contributed by atoms with E-state index in [0.29, 0.717) is 24.0 Å².